The first-order valence-electron chi connectivity index (χ1n) is 6.92. The van der Waals surface area contributed by atoms with Crippen LogP contribution in [0, 0.1) is 11.7 Å². The smallest absolute Gasteiger partial charge is 0.125 e. The standard InChI is InChI=1S/C15H22ClFN2/c1-3-19(10-12-4-5-18(2)9-12)11-13-6-14(16)8-15(17)7-13/h6-8,12H,3-5,9-11H2,1-2H3. The Balaban J connectivity index is 1.94. The molecule has 0 bridgehead atoms. The average molecular weight is 285 g/mol. The van der Waals surface area contributed by atoms with Crippen LogP contribution in [0.5, 0.6) is 0 Å². The zero-order valence-electron chi connectivity index (χ0n) is 11.7. The van der Waals surface area contributed by atoms with Crippen molar-refractivity contribution < 1.29 is 4.39 Å². The molecule has 0 radical (unpaired) electrons. The van der Waals surface area contributed by atoms with Gasteiger partial charge in [0.25, 0.3) is 0 Å². The Hall–Kier alpha value is -0.640. The van der Waals surface area contributed by atoms with E-state index in [4.69, 9.17) is 11.6 Å². The molecule has 1 aromatic carbocycles. The fourth-order valence-corrected chi connectivity index (χ4v) is 3.05. The van der Waals surface area contributed by atoms with Gasteiger partial charge >= 0.3 is 0 Å². The van der Waals surface area contributed by atoms with Crippen molar-refractivity contribution >= 4 is 11.6 Å². The third kappa shape index (κ3) is 4.44. The van der Waals surface area contributed by atoms with E-state index in [1.807, 2.05) is 6.07 Å². The first-order chi connectivity index (χ1) is 9.06. The summed E-state index contributed by atoms with van der Waals surface area (Å²) in [6.45, 7) is 7.34. The Bertz CT molecular complexity index is 404. The Morgan fingerprint density at radius 1 is 1.42 bits per heavy atom. The maximum absolute atomic E-state index is 13.3. The van der Waals surface area contributed by atoms with Crippen LogP contribution in [-0.4, -0.2) is 43.0 Å². The summed E-state index contributed by atoms with van der Waals surface area (Å²) in [4.78, 5) is 4.74. The van der Waals surface area contributed by atoms with Gasteiger partial charge in [0.15, 0.2) is 0 Å². The van der Waals surface area contributed by atoms with Crippen LogP contribution in [0.1, 0.15) is 18.9 Å². The molecule has 19 heavy (non-hydrogen) atoms. The third-order valence-electron chi connectivity index (χ3n) is 3.78. The van der Waals surface area contributed by atoms with Crippen molar-refractivity contribution in [3.8, 4) is 0 Å². The predicted molar refractivity (Wildman–Crippen MR) is 78.0 cm³/mol. The maximum Gasteiger partial charge on any atom is 0.125 e. The third-order valence-corrected chi connectivity index (χ3v) is 4.00. The van der Waals surface area contributed by atoms with Crippen molar-refractivity contribution in [2.45, 2.75) is 19.9 Å². The Labute approximate surface area is 120 Å². The van der Waals surface area contributed by atoms with Gasteiger partial charge in [-0.3, -0.25) is 4.90 Å². The lowest BCUT2D eigenvalue weighted by molar-refractivity contribution is 0.233. The van der Waals surface area contributed by atoms with Crippen molar-refractivity contribution in [2.75, 3.05) is 33.2 Å². The lowest BCUT2D eigenvalue weighted by Gasteiger charge is -2.24. The van der Waals surface area contributed by atoms with Gasteiger partial charge in [0.1, 0.15) is 5.82 Å². The zero-order chi connectivity index (χ0) is 13.8. The van der Waals surface area contributed by atoms with Crippen LogP contribution in [0.25, 0.3) is 0 Å². The van der Waals surface area contributed by atoms with E-state index in [1.54, 1.807) is 6.07 Å². The monoisotopic (exact) mass is 284 g/mol. The number of nitrogens with zero attached hydrogens (tertiary/aromatic N) is 2. The zero-order valence-corrected chi connectivity index (χ0v) is 12.5. The lowest BCUT2D eigenvalue weighted by Crippen LogP contribution is -2.30. The van der Waals surface area contributed by atoms with Crippen LogP contribution in [-0.2, 0) is 6.54 Å². The second kappa shape index (κ2) is 6.69. The molecule has 1 aliphatic rings. The molecule has 0 saturated carbocycles. The highest BCUT2D eigenvalue weighted by Gasteiger charge is 2.21. The molecule has 0 aliphatic carbocycles. The van der Waals surface area contributed by atoms with Gasteiger partial charge in [-0.25, -0.2) is 4.39 Å². The van der Waals surface area contributed by atoms with Gasteiger partial charge in [-0.1, -0.05) is 18.5 Å². The summed E-state index contributed by atoms with van der Waals surface area (Å²) in [5.74, 6) is 0.480. The molecular weight excluding hydrogens is 263 g/mol. The quantitative estimate of drug-likeness (QED) is 0.819. The SMILES string of the molecule is CCN(Cc1cc(F)cc(Cl)c1)CC1CCN(C)C1. The largest absolute Gasteiger partial charge is 0.306 e. The van der Waals surface area contributed by atoms with Crippen molar-refractivity contribution in [1.29, 1.82) is 0 Å². The summed E-state index contributed by atoms with van der Waals surface area (Å²) in [6, 6.07) is 4.79. The fourth-order valence-electron chi connectivity index (χ4n) is 2.81. The number of hydrogen-bond donors (Lipinski definition) is 0. The molecule has 2 nitrogen and oxygen atoms in total. The second-order valence-corrected chi connectivity index (χ2v) is 5.96. The van der Waals surface area contributed by atoms with E-state index < -0.39 is 0 Å². The van der Waals surface area contributed by atoms with E-state index in [0.29, 0.717) is 5.02 Å². The summed E-state index contributed by atoms with van der Waals surface area (Å²) in [5, 5.41) is 0.478. The molecule has 1 atom stereocenters. The van der Waals surface area contributed by atoms with Gasteiger partial charge in [-0.2, -0.15) is 0 Å². The van der Waals surface area contributed by atoms with Crippen LogP contribution >= 0.6 is 11.6 Å². The minimum Gasteiger partial charge on any atom is -0.306 e. The number of halogens is 2. The van der Waals surface area contributed by atoms with Crippen LogP contribution in [0.3, 0.4) is 0 Å². The normalized spacial score (nSPS) is 20.4. The summed E-state index contributed by atoms with van der Waals surface area (Å²) >= 11 is 5.90. The average Bonchev–Trinajstić information content (AvgIpc) is 2.72. The van der Waals surface area contributed by atoms with Crippen molar-refractivity contribution in [1.82, 2.24) is 9.80 Å². The van der Waals surface area contributed by atoms with E-state index in [9.17, 15) is 4.39 Å². The molecule has 1 aliphatic heterocycles. The van der Waals surface area contributed by atoms with E-state index in [1.165, 1.54) is 25.6 Å². The van der Waals surface area contributed by atoms with Gasteiger partial charge in [0.2, 0.25) is 0 Å². The van der Waals surface area contributed by atoms with Crippen LogP contribution < -0.4 is 0 Å². The molecule has 1 fully saturated rings. The second-order valence-electron chi connectivity index (χ2n) is 5.52. The first kappa shape index (κ1) is 14.8. The van der Waals surface area contributed by atoms with Gasteiger partial charge < -0.3 is 4.90 Å². The van der Waals surface area contributed by atoms with Crippen LogP contribution in [0.2, 0.25) is 5.02 Å². The number of hydrogen-bond acceptors (Lipinski definition) is 2. The molecule has 0 amide bonds. The van der Waals surface area contributed by atoms with E-state index in [0.717, 1.165) is 31.1 Å². The topological polar surface area (TPSA) is 6.48 Å². The molecule has 2 rings (SSSR count). The molecule has 1 unspecified atom stereocenters. The van der Waals surface area contributed by atoms with E-state index in [-0.39, 0.29) is 5.82 Å². The van der Waals surface area contributed by atoms with Crippen LogP contribution in [0.15, 0.2) is 18.2 Å². The molecular formula is C15H22ClFN2. The van der Waals surface area contributed by atoms with E-state index >= 15 is 0 Å². The maximum atomic E-state index is 13.3. The Morgan fingerprint density at radius 2 is 2.21 bits per heavy atom. The molecule has 0 aromatic heterocycles. The van der Waals surface area contributed by atoms with Gasteiger partial charge in [0.05, 0.1) is 0 Å². The van der Waals surface area contributed by atoms with Crippen LogP contribution in [0.4, 0.5) is 4.39 Å². The van der Waals surface area contributed by atoms with Gasteiger partial charge in [-0.15, -0.1) is 0 Å². The minimum absolute atomic E-state index is 0.251. The molecule has 1 aromatic rings. The van der Waals surface area contributed by atoms with E-state index in [2.05, 4.69) is 23.8 Å². The predicted octanol–water partition coefficient (Wildman–Crippen LogP) is 3.25. The number of benzene rings is 1. The van der Waals surface area contributed by atoms with Crippen molar-refractivity contribution in [3.05, 3.63) is 34.6 Å². The lowest BCUT2D eigenvalue weighted by atomic mass is 10.1. The highest BCUT2D eigenvalue weighted by molar-refractivity contribution is 6.30. The fraction of sp³-hybridized carbons (Fsp3) is 0.600. The molecule has 1 saturated heterocycles. The first-order valence-corrected chi connectivity index (χ1v) is 7.30. The highest BCUT2D eigenvalue weighted by Crippen LogP contribution is 2.19. The molecule has 4 heteroatoms. The van der Waals surface area contributed by atoms with Gasteiger partial charge in [0, 0.05) is 24.7 Å². The summed E-state index contributed by atoms with van der Waals surface area (Å²) < 4.78 is 13.3. The number of likely N-dealkylation sites (tertiary alicyclic amines) is 1. The Kier molecular flexibility index (Phi) is 5.20. The molecule has 0 spiro atoms. The summed E-state index contributed by atoms with van der Waals surface area (Å²) in [7, 11) is 2.17. The summed E-state index contributed by atoms with van der Waals surface area (Å²) in [5.41, 5.74) is 0.957. The Morgan fingerprint density at radius 3 is 2.79 bits per heavy atom. The van der Waals surface area contributed by atoms with Crippen molar-refractivity contribution in [2.24, 2.45) is 5.92 Å². The molecule has 1 heterocycles. The highest BCUT2D eigenvalue weighted by atomic mass is 35.5. The number of rotatable bonds is 5. The van der Waals surface area contributed by atoms with Gasteiger partial charge in [-0.05, 0) is 56.2 Å². The van der Waals surface area contributed by atoms with Crippen molar-refractivity contribution in [3.63, 3.8) is 0 Å². The minimum atomic E-state index is -0.251. The molecule has 0 N–H and O–H groups in total. The summed E-state index contributed by atoms with van der Waals surface area (Å²) in [6.07, 6.45) is 1.26. The molecule has 106 valence electrons.